The molecule has 0 N–H and O–H groups in total. The van der Waals surface area contributed by atoms with Crippen molar-refractivity contribution in [3.05, 3.63) is 21.3 Å². The van der Waals surface area contributed by atoms with Gasteiger partial charge < -0.3 is 0 Å². The van der Waals surface area contributed by atoms with Gasteiger partial charge in [0.25, 0.3) is 0 Å². The second kappa shape index (κ2) is 5.00. The van der Waals surface area contributed by atoms with Crippen LogP contribution in [0.3, 0.4) is 0 Å². The van der Waals surface area contributed by atoms with Crippen LogP contribution in [0.5, 0.6) is 0 Å². The maximum atomic E-state index is 6.10. The van der Waals surface area contributed by atoms with Crippen LogP contribution >= 0.6 is 38.9 Å². The van der Waals surface area contributed by atoms with Crippen LogP contribution in [0.2, 0.25) is 5.02 Å². The van der Waals surface area contributed by atoms with E-state index in [4.69, 9.17) is 11.6 Å². The SMILES string of the molecule is Clc1ccsc1C(Br)CC1CCCC1. The Morgan fingerprint density at radius 3 is 2.79 bits per heavy atom. The monoisotopic (exact) mass is 292 g/mol. The highest BCUT2D eigenvalue weighted by molar-refractivity contribution is 9.09. The smallest absolute Gasteiger partial charge is 0.0556 e. The van der Waals surface area contributed by atoms with Crippen molar-refractivity contribution >= 4 is 38.9 Å². The third-order valence-electron chi connectivity index (χ3n) is 2.94. The van der Waals surface area contributed by atoms with Crippen LogP contribution in [0.4, 0.5) is 0 Å². The van der Waals surface area contributed by atoms with Crippen LogP contribution in [-0.2, 0) is 0 Å². The quantitative estimate of drug-likeness (QED) is 0.653. The van der Waals surface area contributed by atoms with Crippen molar-refractivity contribution in [1.29, 1.82) is 0 Å². The Morgan fingerprint density at radius 1 is 1.50 bits per heavy atom. The van der Waals surface area contributed by atoms with E-state index in [0.29, 0.717) is 4.83 Å². The fourth-order valence-corrected chi connectivity index (χ4v) is 4.58. The van der Waals surface area contributed by atoms with Crippen LogP contribution in [-0.4, -0.2) is 0 Å². The third-order valence-corrected chi connectivity index (χ3v) is 5.55. The zero-order chi connectivity index (χ0) is 9.97. The summed E-state index contributed by atoms with van der Waals surface area (Å²) in [5.74, 6) is 0.914. The molecule has 0 amide bonds. The molecule has 0 saturated heterocycles. The number of halogens is 2. The third kappa shape index (κ3) is 2.53. The van der Waals surface area contributed by atoms with Crippen molar-refractivity contribution in [2.45, 2.75) is 36.9 Å². The van der Waals surface area contributed by atoms with Gasteiger partial charge in [-0.05, 0) is 23.8 Å². The van der Waals surface area contributed by atoms with E-state index in [0.717, 1.165) is 10.9 Å². The molecule has 0 radical (unpaired) electrons. The van der Waals surface area contributed by atoms with E-state index in [9.17, 15) is 0 Å². The molecule has 2 rings (SSSR count). The van der Waals surface area contributed by atoms with E-state index in [1.165, 1.54) is 37.0 Å². The van der Waals surface area contributed by atoms with E-state index in [1.807, 2.05) is 6.07 Å². The molecule has 1 unspecified atom stereocenters. The summed E-state index contributed by atoms with van der Waals surface area (Å²) < 4.78 is 0. The van der Waals surface area contributed by atoms with Crippen LogP contribution in [0.15, 0.2) is 11.4 Å². The van der Waals surface area contributed by atoms with E-state index < -0.39 is 0 Å². The van der Waals surface area contributed by atoms with Gasteiger partial charge in [-0.25, -0.2) is 0 Å². The molecule has 1 aromatic heterocycles. The van der Waals surface area contributed by atoms with Crippen LogP contribution in [0, 0.1) is 5.92 Å². The lowest BCUT2D eigenvalue weighted by atomic mass is 10.0. The Balaban J connectivity index is 1.95. The Labute approximate surface area is 103 Å². The van der Waals surface area contributed by atoms with Gasteiger partial charge >= 0.3 is 0 Å². The zero-order valence-electron chi connectivity index (χ0n) is 8.01. The Hall–Kier alpha value is 0.470. The predicted octanol–water partition coefficient (Wildman–Crippen LogP) is 5.42. The van der Waals surface area contributed by atoms with E-state index in [2.05, 4.69) is 21.3 Å². The Morgan fingerprint density at radius 2 is 2.21 bits per heavy atom. The highest BCUT2D eigenvalue weighted by Crippen LogP contribution is 2.41. The van der Waals surface area contributed by atoms with Crippen LogP contribution in [0.1, 0.15) is 41.8 Å². The standard InChI is InChI=1S/C11H14BrClS/c12-9(7-8-3-1-2-4-8)11-10(13)5-6-14-11/h5-6,8-9H,1-4,7H2. The average Bonchev–Trinajstić information content (AvgIpc) is 2.75. The minimum Gasteiger partial charge on any atom is -0.146 e. The lowest BCUT2D eigenvalue weighted by Crippen LogP contribution is -1.98. The molecule has 14 heavy (non-hydrogen) atoms. The highest BCUT2D eigenvalue weighted by Gasteiger charge is 2.21. The summed E-state index contributed by atoms with van der Waals surface area (Å²) in [4.78, 5) is 1.77. The van der Waals surface area contributed by atoms with Crippen LogP contribution < -0.4 is 0 Å². The zero-order valence-corrected chi connectivity index (χ0v) is 11.2. The highest BCUT2D eigenvalue weighted by atomic mass is 79.9. The first-order valence-electron chi connectivity index (χ1n) is 5.14. The summed E-state index contributed by atoms with van der Waals surface area (Å²) in [5.41, 5.74) is 0. The molecular formula is C11H14BrClS. The normalized spacial score (nSPS) is 20.1. The first kappa shape index (κ1) is 11.0. The van der Waals surface area contributed by atoms with Gasteiger partial charge in [0.1, 0.15) is 0 Å². The van der Waals surface area contributed by atoms with Crippen LogP contribution in [0.25, 0.3) is 0 Å². The molecule has 3 heteroatoms. The van der Waals surface area contributed by atoms with Gasteiger partial charge in [0.15, 0.2) is 0 Å². The molecule has 1 heterocycles. The molecule has 1 atom stereocenters. The van der Waals surface area contributed by atoms with Gasteiger partial charge in [0.2, 0.25) is 0 Å². The average molecular weight is 294 g/mol. The maximum absolute atomic E-state index is 6.10. The largest absolute Gasteiger partial charge is 0.146 e. The molecule has 1 fully saturated rings. The number of hydrogen-bond donors (Lipinski definition) is 0. The fourth-order valence-electron chi connectivity index (χ4n) is 2.17. The lowest BCUT2D eigenvalue weighted by Gasteiger charge is -2.13. The molecule has 0 aliphatic heterocycles. The van der Waals surface area contributed by atoms with E-state index in [1.54, 1.807) is 11.3 Å². The number of hydrogen-bond acceptors (Lipinski definition) is 1. The summed E-state index contributed by atoms with van der Waals surface area (Å²) >= 11 is 11.6. The van der Waals surface area contributed by atoms with Gasteiger partial charge in [0.05, 0.1) is 9.85 Å². The fraction of sp³-hybridized carbons (Fsp3) is 0.636. The number of alkyl halides is 1. The summed E-state index contributed by atoms with van der Waals surface area (Å²) in [6, 6.07) is 1.99. The van der Waals surface area contributed by atoms with Crippen molar-refractivity contribution in [1.82, 2.24) is 0 Å². The lowest BCUT2D eigenvalue weighted by molar-refractivity contribution is 0.504. The van der Waals surface area contributed by atoms with Crippen molar-refractivity contribution in [3.8, 4) is 0 Å². The molecule has 0 bridgehead atoms. The summed E-state index contributed by atoms with van der Waals surface area (Å²) in [6.07, 6.45) is 6.90. The first-order chi connectivity index (χ1) is 6.77. The maximum Gasteiger partial charge on any atom is 0.0556 e. The molecule has 0 spiro atoms. The van der Waals surface area contributed by atoms with E-state index in [-0.39, 0.29) is 0 Å². The molecule has 1 aromatic rings. The number of thiophene rings is 1. The van der Waals surface area contributed by atoms with Crippen molar-refractivity contribution in [3.63, 3.8) is 0 Å². The number of rotatable bonds is 3. The minimum atomic E-state index is 0.470. The molecule has 0 aromatic carbocycles. The molecule has 1 aliphatic carbocycles. The molecule has 0 nitrogen and oxygen atoms in total. The second-order valence-electron chi connectivity index (χ2n) is 3.99. The van der Waals surface area contributed by atoms with Gasteiger partial charge in [-0.1, -0.05) is 53.2 Å². The summed E-state index contributed by atoms with van der Waals surface area (Å²) in [7, 11) is 0. The predicted molar refractivity (Wildman–Crippen MR) is 67.6 cm³/mol. The summed E-state index contributed by atoms with van der Waals surface area (Å²) in [6.45, 7) is 0. The molecular weight excluding hydrogens is 280 g/mol. The van der Waals surface area contributed by atoms with Gasteiger partial charge in [-0.2, -0.15) is 0 Å². The molecule has 1 saturated carbocycles. The van der Waals surface area contributed by atoms with E-state index >= 15 is 0 Å². The van der Waals surface area contributed by atoms with Crippen molar-refractivity contribution in [2.24, 2.45) is 5.92 Å². The van der Waals surface area contributed by atoms with Crippen molar-refractivity contribution < 1.29 is 0 Å². The topological polar surface area (TPSA) is 0 Å². The second-order valence-corrected chi connectivity index (χ2v) is 6.45. The Kier molecular flexibility index (Phi) is 3.92. The van der Waals surface area contributed by atoms with Crippen molar-refractivity contribution in [2.75, 3.05) is 0 Å². The summed E-state index contributed by atoms with van der Waals surface area (Å²) in [5, 5.41) is 3.00. The first-order valence-corrected chi connectivity index (χ1v) is 7.31. The van der Waals surface area contributed by atoms with Gasteiger partial charge in [-0.3, -0.25) is 0 Å². The van der Waals surface area contributed by atoms with Gasteiger partial charge in [-0.15, -0.1) is 11.3 Å². The molecule has 1 aliphatic rings. The van der Waals surface area contributed by atoms with Gasteiger partial charge in [0, 0.05) is 4.88 Å². The molecule has 78 valence electrons. The minimum absolute atomic E-state index is 0.470. The Bertz CT molecular complexity index is 291.